The summed E-state index contributed by atoms with van der Waals surface area (Å²) in [7, 11) is 0. The molecule has 0 amide bonds. The third-order valence-corrected chi connectivity index (χ3v) is 3.03. The van der Waals surface area contributed by atoms with Gasteiger partial charge in [0.2, 0.25) is 0 Å². The van der Waals surface area contributed by atoms with E-state index in [4.69, 9.17) is 5.73 Å². The topological polar surface area (TPSA) is 60.9 Å². The van der Waals surface area contributed by atoms with Crippen molar-refractivity contribution in [3.8, 4) is 5.69 Å². The molecule has 5 heteroatoms. The smallest absolute Gasteiger partial charge is 0.164 e. The van der Waals surface area contributed by atoms with Crippen molar-refractivity contribution < 1.29 is 4.79 Å². The maximum absolute atomic E-state index is 11.7. The summed E-state index contributed by atoms with van der Waals surface area (Å²) in [4.78, 5) is 11.7. The molecule has 0 bridgehead atoms. The molecular formula is C12H12BrN3O. The van der Waals surface area contributed by atoms with E-state index >= 15 is 0 Å². The van der Waals surface area contributed by atoms with E-state index in [-0.39, 0.29) is 5.78 Å². The molecular weight excluding hydrogens is 282 g/mol. The SMILES string of the molecule is NCCC(=O)c1ccc(-n2cccn2)c(Br)c1. The number of nitrogens with two attached hydrogens (primary N) is 1. The molecule has 17 heavy (non-hydrogen) atoms. The highest BCUT2D eigenvalue weighted by Gasteiger charge is 2.08. The van der Waals surface area contributed by atoms with E-state index in [0.29, 0.717) is 18.5 Å². The second kappa shape index (κ2) is 5.25. The van der Waals surface area contributed by atoms with Gasteiger partial charge in [-0.2, -0.15) is 5.10 Å². The molecule has 0 saturated carbocycles. The van der Waals surface area contributed by atoms with Crippen molar-refractivity contribution in [2.75, 3.05) is 6.54 Å². The molecule has 1 aromatic heterocycles. The lowest BCUT2D eigenvalue weighted by atomic mass is 10.1. The summed E-state index contributed by atoms with van der Waals surface area (Å²) in [6.45, 7) is 0.372. The Labute approximate surface area is 108 Å². The summed E-state index contributed by atoms with van der Waals surface area (Å²) in [6, 6.07) is 7.30. The predicted molar refractivity (Wildman–Crippen MR) is 69.3 cm³/mol. The second-order valence-corrected chi connectivity index (χ2v) is 4.43. The first-order valence-corrected chi connectivity index (χ1v) is 6.04. The molecule has 4 nitrogen and oxygen atoms in total. The number of hydrogen-bond acceptors (Lipinski definition) is 3. The number of halogens is 1. The van der Waals surface area contributed by atoms with Crippen molar-refractivity contribution in [3.05, 3.63) is 46.7 Å². The molecule has 0 aliphatic rings. The minimum Gasteiger partial charge on any atom is -0.330 e. The molecule has 0 saturated heterocycles. The van der Waals surface area contributed by atoms with Gasteiger partial charge in [0, 0.05) is 28.9 Å². The van der Waals surface area contributed by atoms with Crippen LogP contribution in [0.5, 0.6) is 0 Å². The van der Waals surface area contributed by atoms with Crippen LogP contribution in [0.2, 0.25) is 0 Å². The Morgan fingerprint density at radius 2 is 2.29 bits per heavy atom. The number of nitrogens with zero attached hydrogens (tertiary/aromatic N) is 2. The fourth-order valence-electron chi connectivity index (χ4n) is 1.55. The Morgan fingerprint density at radius 3 is 2.88 bits per heavy atom. The zero-order valence-corrected chi connectivity index (χ0v) is 10.7. The number of ketones is 1. The Hall–Kier alpha value is -1.46. The minimum atomic E-state index is 0.0558. The van der Waals surface area contributed by atoms with E-state index in [9.17, 15) is 4.79 Å². The number of rotatable bonds is 4. The molecule has 0 aliphatic carbocycles. The summed E-state index contributed by atoms with van der Waals surface area (Å²) in [5.41, 5.74) is 6.93. The molecule has 0 unspecified atom stereocenters. The Morgan fingerprint density at radius 1 is 1.47 bits per heavy atom. The summed E-state index contributed by atoms with van der Waals surface area (Å²) in [6.07, 6.45) is 3.93. The van der Waals surface area contributed by atoms with E-state index < -0.39 is 0 Å². The summed E-state index contributed by atoms with van der Waals surface area (Å²) >= 11 is 3.44. The van der Waals surface area contributed by atoms with Gasteiger partial charge in [0.1, 0.15) is 0 Å². The number of carbonyl (C=O) groups is 1. The van der Waals surface area contributed by atoms with Gasteiger partial charge in [0.15, 0.2) is 5.78 Å². The lowest BCUT2D eigenvalue weighted by molar-refractivity contribution is 0.0985. The van der Waals surface area contributed by atoms with E-state index in [1.807, 2.05) is 18.3 Å². The standard InChI is InChI=1S/C12H12BrN3O/c13-10-8-9(12(17)4-5-14)2-3-11(10)16-7-1-6-15-16/h1-3,6-8H,4-5,14H2. The van der Waals surface area contributed by atoms with Crippen molar-refractivity contribution in [2.24, 2.45) is 5.73 Å². The van der Waals surface area contributed by atoms with E-state index in [1.165, 1.54) is 0 Å². The van der Waals surface area contributed by atoms with Gasteiger partial charge >= 0.3 is 0 Å². The summed E-state index contributed by atoms with van der Waals surface area (Å²) < 4.78 is 2.57. The van der Waals surface area contributed by atoms with Gasteiger partial charge in [-0.15, -0.1) is 0 Å². The lowest BCUT2D eigenvalue weighted by Gasteiger charge is -2.06. The maximum atomic E-state index is 11.7. The normalized spacial score (nSPS) is 10.5. The first-order valence-electron chi connectivity index (χ1n) is 5.25. The lowest BCUT2D eigenvalue weighted by Crippen LogP contribution is -2.08. The van der Waals surface area contributed by atoms with Gasteiger partial charge in [0.05, 0.1) is 5.69 Å². The molecule has 2 aromatic rings. The number of benzene rings is 1. The van der Waals surface area contributed by atoms with Crippen molar-refractivity contribution in [3.63, 3.8) is 0 Å². The van der Waals surface area contributed by atoms with Crippen LogP contribution in [0, 0.1) is 0 Å². The van der Waals surface area contributed by atoms with Crippen molar-refractivity contribution in [2.45, 2.75) is 6.42 Å². The largest absolute Gasteiger partial charge is 0.330 e. The maximum Gasteiger partial charge on any atom is 0.164 e. The van der Waals surface area contributed by atoms with Crippen LogP contribution in [-0.4, -0.2) is 22.1 Å². The van der Waals surface area contributed by atoms with Crippen LogP contribution in [0.15, 0.2) is 41.1 Å². The van der Waals surface area contributed by atoms with Crippen molar-refractivity contribution >= 4 is 21.7 Å². The minimum absolute atomic E-state index is 0.0558. The molecule has 0 aliphatic heterocycles. The first-order chi connectivity index (χ1) is 8.22. The van der Waals surface area contributed by atoms with Crippen molar-refractivity contribution in [1.82, 2.24) is 9.78 Å². The first kappa shape index (κ1) is 12.0. The zero-order chi connectivity index (χ0) is 12.3. The van der Waals surface area contributed by atoms with E-state index in [1.54, 1.807) is 23.0 Å². The summed E-state index contributed by atoms with van der Waals surface area (Å²) in [5.74, 6) is 0.0558. The monoisotopic (exact) mass is 293 g/mol. The van der Waals surface area contributed by atoms with Gasteiger partial charge in [-0.05, 0) is 46.7 Å². The van der Waals surface area contributed by atoms with Crippen LogP contribution in [0.25, 0.3) is 5.69 Å². The van der Waals surface area contributed by atoms with E-state index in [2.05, 4.69) is 21.0 Å². The molecule has 1 aromatic carbocycles. The highest BCUT2D eigenvalue weighted by Crippen LogP contribution is 2.22. The molecule has 2 rings (SSSR count). The molecule has 88 valence electrons. The Balaban J connectivity index is 2.32. The second-order valence-electron chi connectivity index (χ2n) is 3.58. The molecule has 0 radical (unpaired) electrons. The van der Waals surface area contributed by atoms with Gasteiger partial charge in [-0.1, -0.05) is 0 Å². The van der Waals surface area contributed by atoms with Crippen LogP contribution in [-0.2, 0) is 0 Å². The Kier molecular flexibility index (Phi) is 3.71. The predicted octanol–water partition coefficient (Wildman–Crippen LogP) is 2.17. The van der Waals surface area contributed by atoms with E-state index in [0.717, 1.165) is 10.2 Å². The molecule has 2 N–H and O–H groups in total. The highest BCUT2D eigenvalue weighted by molar-refractivity contribution is 9.10. The molecule has 1 heterocycles. The van der Waals surface area contributed by atoms with Gasteiger partial charge in [-0.3, -0.25) is 4.79 Å². The van der Waals surface area contributed by atoms with Crippen molar-refractivity contribution in [1.29, 1.82) is 0 Å². The summed E-state index contributed by atoms with van der Waals surface area (Å²) in [5, 5.41) is 4.14. The fourth-order valence-corrected chi connectivity index (χ4v) is 2.11. The van der Waals surface area contributed by atoms with Gasteiger partial charge in [-0.25, -0.2) is 4.68 Å². The van der Waals surface area contributed by atoms with Crippen LogP contribution in [0.1, 0.15) is 16.8 Å². The van der Waals surface area contributed by atoms with Gasteiger partial charge < -0.3 is 5.73 Å². The quantitative estimate of drug-likeness (QED) is 0.879. The number of carbonyl (C=O) groups excluding carboxylic acids is 1. The number of hydrogen-bond donors (Lipinski definition) is 1. The van der Waals surface area contributed by atoms with Crippen LogP contribution >= 0.6 is 15.9 Å². The third-order valence-electron chi connectivity index (χ3n) is 2.39. The van der Waals surface area contributed by atoms with Crippen LogP contribution in [0.4, 0.5) is 0 Å². The molecule has 0 spiro atoms. The third kappa shape index (κ3) is 2.62. The average Bonchev–Trinajstić information content (AvgIpc) is 2.82. The highest BCUT2D eigenvalue weighted by atomic mass is 79.9. The molecule has 0 atom stereocenters. The van der Waals surface area contributed by atoms with Crippen LogP contribution < -0.4 is 5.73 Å². The van der Waals surface area contributed by atoms with Crippen LogP contribution in [0.3, 0.4) is 0 Å². The average molecular weight is 294 g/mol. The van der Waals surface area contributed by atoms with Gasteiger partial charge in [0.25, 0.3) is 0 Å². The number of aromatic nitrogens is 2. The number of Topliss-reactive ketones (excluding diaryl/α,β-unsaturated/α-hetero) is 1. The molecule has 0 fully saturated rings. The Bertz CT molecular complexity index is 523. The fraction of sp³-hybridized carbons (Fsp3) is 0.167. The zero-order valence-electron chi connectivity index (χ0n) is 9.14.